The summed E-state index contributed by atoms with van der Waals surface area (Å²) in [5.41, 5.74) is 8.71. The minimum Gasteiger partial charge on any atom is -0.454 e. The van der Waals surface area contributed by atoms with Crippen LogP contribution in [0, 0.1) is 0 Å². The smallest absolute Gasteiger partial charge is 0.439 e. The lowest BCUT2D eigenvalue weighted by Crippen LogP contribution is -2.38. The van der Waals surface area contributed by atoms with Gasteiger partial charge in [0, 0.05) is 14.2 Å². The maximum absolute atomic E-state index is 12.8. The van der Waals surface area contributed by atoms with Crippen LogP contribution < -0.4 is 14.8 Å². The van der Waals surface area contributed by atoms with E-state index in [1.807, 2.05) is 0 Å². The molecule has 10 nitrogen and oxygen atoms in total. The van der Waals surface area contributed by atoms with Gasteiger partial charge in [-0.25, -0.2) is 9.36 Å². The molecule has 1 heterocycles. The predicted molar refractivity (Wildman–Crippen MR) is 94.9 cm³/mol. The summed E-state index contributed by atoms with van der Waals surface area (Å²) in [5.74, 6) is 0.935. The zero-order chi connectivity index (χ0) is 20.2. The standard InChI is InChI=1S/C16H22N3O7P/c1-16(2,3)26-15(20)18-13(14(19-17)27(21,22-4)23-5)10-6-7-11-12(8-10)25-9-24-11/h6-8,13H,9H2,1-5H3,(H,18,20)/t13-/m1/s1. The Balaban J connectivity index is 2.46. The molecule has 1 aliphatic heterocycles. The number of benzene rings is 1. The molecule has 0 unspecified atom stereocenters. The van der Waals surface area contributed by atoms with Crippen molar-refractivity contribution in [1.29, 1.82) is 0 Å². The van der Waals surface area contributed by atoms with Gasteiger partial charge in [-0.15, -0.1) is 0 Å². The Kier molecular flexibility index (Phi) is 6.28. The van der Waals surface area contributed by atoms with E-state index in [0.29, 0.717) is 17.1 Å². The average molecular weight is 399 g/mol. The molecule has 1 aromatic carbocycles. The summed E-state index contributed by atoms with van der Waals surface area (Å²) in [5, 5.41) is 2.53. The zero-order valence-electron chi connectivity index (χ0n) is 15.7. The van der Waals surface area contributed by atoms with E-state index >= 15 is 0 Å². The fourth-order valence-corrected chi connectivity index (χ4v) is 3.51. The fourth-order valence-electron chi connectivity index (χ4n) is 2.35. The minimum atomic E-state index is -3.98. The molecule has 1 amide bonds. The van der Waals surface area contributed by atoms with Crippen molar-refractivity contribution in [2.45, 2.75) is 32.4 Å². The van der Waals surface area contributed by atoms with Crippen molar-refractivity contribution < 1.29 is 37.4 Å². The van der Waals surface area contributed by atoms with E-state index in [0.717, 1.165) is 14.2 Å². The van der Waals surface area contributed by atoms with Crippen LogP contribution in [0.15, 0.2) is 18.2 Å². The van der Waals surface area contributed by atoms with E-state index in [1.54, 1.807) is 39.0 Å². The Morgan fingerprint density at radius 2 is 1.89 bits per heavy atom. The van der Waals surface area contributed by atoms with Gasteiger partial charge in [-0.3, -0.25) is 0 Å². The third-order valence-electron chi connectivity index (χ3n) is 3.51. The van der Waals surface area contributed by atoms with Gasteiger partial charge in [0.05, 0.1) is 0 Å². The first-order valence-electron chi connectivity index (χ1n) is 7.96. The Morgan fingerprint density at radius 1 is 1.26 bits per heavy atom. The molecule has 0 aliphatic carbocycles. The molecule has 0 spiro atoms. The first-order valence-corrected chi connectivity index (χ1v) is 9.51. The number of ether oxygens (including phenoxy) is 3. The molecule has 2 rings (SSSR count). The number of fused-ring (bicyclic) bond motifs is 1. The number of nitrogens with one attached hydrogen (secondary N) is 1. The van der Waals surface area contributed by atoms with E-state index in [-0.39, 0.29) is 6.79 Å². The molecule has 0 fully saturated rings. The van der Waals surface area contributed by atoms with Crippen LogP contribution in [0.1, 0.15) is 32.4 Å². The van der Waals surface area contributed by atoms with Crippen LogP contribution in [0.3, 0.4) is 0 Å². The number of rotatable bonds is 6. The number of alkyl carbamates (subject to hydrolysis) is 1. The average Bonchev–Trinajstić information content (AvgIpc) is 3.07. The lowest BCUT2D eigenvalue weighted by Gasteiger charge is -2.23. The van der Waals surface area contributed by atoms with Crippen LogP contribution in [-0.2, 0) is 18.3 Å². The highest BCUT2D eigenvalue weighted by Gasteiger charge is 2.46. The number of hydrogen-bond acceptors (Lipinski definition) is 7. The second-order valence-electron chi connectivity index (χ2n) is 6.51. The molecular weight excluding hydrogens is 377 g/mol. The summed E-state index contributed by atoms with van der Waals surface area (Å²) in [6.07, 6.45) is -0.815. The van der Waals surface area contributed by atoms with Gasteiger partial charge >= 0.3 is 19.1 Å². The quantitative estimate of drug-likeness (QED) is 0.337. The van der Waals surface area contributed by atoms with Crippen molar-refractivity contribution in [2.24, 2.45) is 0 Å². The third-order valence-corrected chi connectivity index (χ3v) is 5.38. The van der Waals surface area contributed by atoms with Crippen LogP contribution in [-0.4, -0.2) is 42.9 Å². The van der Waals surface area contributed by atoms with Crippen LogP contribution in [0.4, 0.5) is 4.79 Å². The highest BCUT2D eigenvalue weighted by molar-refractivity contribution is 7.72. The third kappa shape index (κ3) is 4.87. The van der Waals surface area contributed by atoms with Gasteiger partial charge in [-0.05, 0) is 38.5 Å². The molecule has 0 radical (unpaired) electrons. The van der Waals surface area contributed by atoms with E-state index in [2.05, 4.69) is 10.1 Å². The van der Waals surface area contributed by atoms with E-state index in [1.165, 1.54) is 0 Å². The number of nitrogens with zero attached hydrogens (tertiary/aromatic N) is 2. The van der Waals surface area contributed by atoms with Crippen molar-refractivity contribution in [3.63, 3.8) is 0 Å². The predicted octanol–water partition coefficient (Wildman–Crippen LogP) is 3.10. The van der Waals surface area contributed by atoms with E-state index in [9.17, 15) is 14.9 Å². The summed E-state index contributed by atoms with van der Waals surface area (Å²) in [6, 6.07) is 3.59. The lowest BCUT2D eigenvalue weighted by molar-refractivity contribution is -0.00974. The number of hydrogen-bond donors (Lipinski definition) is 1. The van der Waals surface area contributed by atoms with Crippen LogP contribution in [0.2, 0.25) is 0 Å². The molecule has 27 heavy (non-hydrogen) atoms. The Bertz CT molecular complexity index is 807. The summed E-state index contributed by atoms with van der Waals surface area (Å²) < 4.78 is 38.5. The van der Waals surface area contributed by atoms with Crippen molar-refractivity contribution in [1.82, 2.24) is 5.32 Å². The van der Waals surface area contributed by atoms with Gasteiger partial charge in [0.15, 0.2) is 17.5 Å². The normalized spacial score (nSPS) is 14.3. The van der Waals surface area contributed by atoms with E-state index < -0.39 is 30.8 Å². The van der Waals surface area contributed by atoms with Gasteiger partial charge in [0.1, 0.15) is 5.60 Å². The molecule has 1 atom stereocenters. The van der Waals surface area contributed by atoms with Crippen LogP contribution >= 0.6 is 7.60 Å². The minimum absolute atomic E-state index is 0.0541. The molecule has 1 aliphatic rings. The van der Waals surface area contributed by atoms with Crippen LogP contribution in [0.25, 0.3) is 5.53 Å². The Labute approximate surface area is 156 Å². The highest BCUT2D eigenvalue weighted by Crippen LogP contribution is 2.51. The second-order valence-corrected chi connectivity index (χ2v) is 8.70. The van der Waals surface area contributed by atoms with Gasteiger partial charge in [-0.2, -0.15) is 4.79 Å². The van der Waals surface area contributed by atoms with Gasteiger partial charge in [0.25, 0.3) is 0 Å². The second kappa shape index (κ2) is 8.10. The van der Waals surface area contributed by atoms with Crippen molar-refractivity contribution in [3.05, 3.63) is 29.3 Å². The monoisotopic (exact) mass is 399 g/mol. The molecule has 11 heteroatoms. The van der Waals surface area contributed by atoms with Crippen LogP contribution in [0.5, 0.6) is 11.5 Å². The first kappa shape index (κ1) is 20.9. The zero-order valence-corrected chi connectivity index (χ0v) is 16.6. The Hall–Kier alpha value is -2.38. The lowest BCUT2D eigenvalue weighted by atomic mass is 10.1. The molecule has 0 saturated carbocycles. The fraction of sp³-hybridized carbons (Fsp3) is 0.500. The van der Waals surface area contributed by atoms with Gasteiger partial charge in [0.2, 0.25) is 6.79 Å². The summed E-state index contributed by atoms with van der Waals surface area (Å²) in [6.45, 7) is 5.13. The maximum atomic E-state index is 12.8. The van der Waals surface area contributed by atoms with E-state index in [4.69, 9.17) is 23.3 Å². The molecule has 1 aromatic rings. The topological polar surface area (TPSA) is 129 Å². The van der Waals surface area contributed by atoms with Gasteiger partial charge < -0.3 is 34.1 Å². The maximum Gasteiger partial charge on any atom is 0.439 e. The molecular formula is C16H22N3O7P. The summed E-state index contributed by atoms with van der Waals surface area (Å²) in [7, 11) is -1.71. The highest BCUT2D eigenvalue weighted by atomic mass is 31.2. The van der Waals surface area contributed by atoms with Crippen molar-refractivity contribution >= 4 is 19.1 Å². The largest absolute Gasteiger partial charge is 0.454 e. The van der Waals surface area contributed by atoms with Gasteiger partial charge in [-0.1, -0.05) is 6.07 Å². The Morgan fingerprint density at radius 3 is 2.44 bits per heavy atom. The van der Waals surface area contributed by atoms with Crippen molar-refractivity contribution in [2.75, 3.05) is 21.0 Å². The SMILES string of the molecule is COP(=O)(OC)C(=[N+]=[N-])[C@H](NC(=O)OC(C)(C)C)c1ccc2c(c1)OCO2. The number of carbonyl (C=O) groups excluding carboxylic acids is 1. The summed E-state index contributed by atoms with van der Waals surface area (Å²) >= 11 is 0. The number of amides is 1. The molecule has 1 N–H and O–H groups in total. The van der Waals surface area contributed by atoms with Crippen molar-refractivity contribution in [3.8, 4) is 11.5 Å². The molecule has 0 aromatic heterocycles. The molecule has 0 bridgehead atoms. The summed E-state index contributed by atoms with van der Waals surface area (Å²) in [4.78, 5) is 15.4. The molecule has 0 saturated heterocycles. The first-order chi connectivity index (χ1) is 12.6. The number of carbonyl (C=O) groups is 1. The molecule has 148 valence electrons.